The lowest BCUT2D eigenvalue weighted by Gasteiger charge is -2.24. The highest BCUT2D eigenvalue weighted by Crippen LogP contribution is 2.05. The summed E-state index contributed by atoms with van der Waals surface area (Å²) >= 11 is 0. The molecule has 0 saturated carbocycles. The van der Waals surface area contributed by atoms with Crippen LogP contribution in [-0.2, 0) is 9.53 Å². The van der Waals surface area contributed by atoms with Gasteiger partial charge in [-0.15, -0.1) is 0 Å². The predicted molar refractivity (Wildman–Crippen MR) is 48.9 cm³/mol. The van der Waals surface area contributed by atoms with E-state index in [2.05, 4.69) is 23.9 Å². The maximum Gasteiger partial charge on any atom is 0.325 e. The van der Waals surface area contributed by atoms with Crippen LogP contribution in [0.3, 0.4) is 0 Å². The highest BCUT2D eigenvalue weighted by molar-refractivity contribution is 5.79. The molecule has 0 unspecified atom stereocenters. The Morgan fingerprint density at radius 2 is 2.00 bits per heavy atom. The zero-order valence-corrected chi connectivity index (χ0v) is 8.60. The van der Waals surface area contributed by atoms with Crippen molar-refractivity contribution in [3.63, 3.8) is 0 Å². The van der Waals surface area contributed by atoms with Crippen molar-refractivity contribution in [3.8, 4) is 0 Å². The van der Waals surface area contributed by atoms with Gasteiger partial charge in [0.15, 0.2) is 0 Å². The Morgan fingerprint density at radius 3 is 2.33 bits per heavy atom. The van der Waals surface area contributed by atoms with Crippen molar-refractivity contribution in [3.05, 3.63) is 0 Å². The predicted octanol–water partition coefficient (Wildman–Crippen LogP) is 1.18. The van der Waals surface area contributed by atoms with Crippen LogP contribution in [0.15, 0.2) is 0 Å². The average Bonchev–Trinajstić information content (AvgIpc) is 1.99. The lowest BCUT2D eigenvalue weighted by molar-refractivity contribution is -0.147. The summed E-state index contributed by atoms with van der Waals surface area (Å²) in [5.74, 6) is 0.317. The Kier molecular flexibility index (Phi) is 4.24. The number of nitrogens with one attached hydrogen (secondary N) is 1. The van der Waals surface area contributed by atoms with E-state index in [-0.39, 0.29) is 5.97 Å². The zero-order chi connectivity index (χ0) is 9.78. The second-order valence-corrected chi connectivity index (χ2v) is 3.89. The fraction of sp³-hybridized carbons (Fsp3) is 0.889. The van der Waals surface area contributed by atoms with E-state index in [9.17, 15) is 4.79 Å². The van der Waals surface area contributed by atoms with Gasteiger partial charge in [-0.25, -0.2) is 0 Å². The van der Waals surface area contributed by atoms with Crippen LogP contribution in [0.2, 0.25) is 0 Å². The Balaban J connectivity index is 3.95. The SMILES string of the molecule is COC(=O)C(C)(C)NCC(C)C. The van der Waals surface area contributed by atoms with Gasteiger partial charge in [-0.05, 0) is 26.3 Å². The molecule has 0 spiro atoms. The summed E-state index contributed by atoms with van der Waals surface area (Å²) in [6, 6.07) is 0. The van der Waals surface area contributed by atoms with Crippen LogP contribution in [0.4, 0.5) is 0 Å². The molecule has 0 aliphatic heterocycles. The van der Waals surface area contributed by atoms with Crippen molar-refractivity contribution in [1.82, 2.24) is 5.32 Å². The summed E-state index contributed by atoms with van der Waals surface area (Å²) in [6.07, 6.45) is 0. The fourth-order valence-electron chi connectivity index (χ4n) is 0.787. The Hall–Kier alpha value is -0.570. The van der Waals surface area contributed by atoms with Crippen molar-refractivity contribution < 1.29 is 9.53 Å². The molecule has 0 bridgehead atoms. The van der Waals surface area contributed by atoms with Crippen LogP contribution < -0.4 is 5.32 Å². The third kappa shape index (κ3) is 3.72. The van der Waals surface area contributed by atoms with E-state index in [1.54, 1.807) is 0 Å². The zero-order valence-electron chi connectivity index (χ0n) is 8.60. The molecule has 12 heavy (non-hydrogen) atoms. The number of ether oxygens (including phenoxy) is 1. The molecule has 3 heteroatoms. The van der Waals surface area contributed by atoms with Gasteiger partial charge in [0.05, 0.1) is 7.11 Å². The van der Waals surface area contributed by atoms with Crippen LogP contribution in [0, 0.1) is 5.92 Å². The normalized spacial score (nSPS) is 11.8. The molecule has 0 rings (SSSR count). The number of hydrogen-bond acceptors (Lipinski definition) is 3. The van der Waals surface area contributed by atoms with Crippen LogP contribution in [0.1, 0.15) is 27.7 Å². The van der Waals surface area contributed by atoms with E-state index >= 15 is 0 Å². The summed E-state index contributed by atoms with van der Waals surface area (Å²) in [7, 11) is 1.40. The van der Waals surface area contributed by atoms with Gasteiger partial charge in [0.1, 0.15) is 5.54 Å². The standard InChI is InChI=1S/C9H19NO2/c1-7(2)6-10-9(3,4)8(11)12-5/h7,10H,6H2,1-5H3. The lowest BCUT2D eigenvalue weighted by atomic mass is 10.1. The van der Waals surface area contributed by atoms with Crippen LogP contribution in [0.25, 0.3) is 0 Å². The topological polar surface area (TPSA) is 38.3 Å². The van der Waals surface area contributed by atoms with Gasteiger partial charge < -0.3 is 10.1 Å². The molecule has 0 aromatic heterocycles. The van der Waals surface area contributed by atoms with Crippen molar-refractivity contribution in [1.29, 1.82) is 0 Å². The summed E-state index contributed by atoms with van der Waals surface area (Å²) in [6.45, 7) is 8.66. The summed E-state index contributed by atoms with van der Waals surface area (Å²) < 4.78 is 4.65. The number of esters is 1. The van der Waals surface area contributed by atoms with E-state index in [0.29, 0.717) is 5.92 Å². The molecule has 72 valence electrons. The van der Waals surface area contributed by atoms with Gasteiger partial charge in [0.2, 0.25) is 0 Å². The first kappa shape index (κ1) is 11.4. The van der Waals surface area contributed by atoms with Crippen LogP contribution in [-0.4, -0.2) is 25.2 Å². The van der Waals surface area contributed by atoms with E-state index in [0.717, 1.165) is 6.54 Å². The number of carbonyl (C=O) groups is 1. The van der Waals surface area contributed by atoms with Crippen LogP contribution in [0.5, 0.6) is 0 Å². The Labute approximate surface area is 74.5 Å². The molecular formula is C9H19NO2. The molecule has 0 aromatic carbocycles. The minimum Gasteiger partial charge on any atom is -0.468 e. The molecule has 0 atom stereocenters. The second-order valence-electron chi connectivity index (χ2n) is 3.89. The lowest BCUT2D eigenvalue weighted by Crippen LogP contribution is -2.48. The summed E-state index contributed by atoms with van der Waals surface area (Å²) in [5, 5.41) is 3.13. The van der Waals surface area contributed by atoms with Gasteiger partial charge in [-0.2, -0.15) is 0 Å². The molecule has 0 aliphatic rings. The molecule has 1 N–H and O–H groups in total. The molecule has 0 amide bonds. The maximum absolute atomic E-state index is 11.2. The number of hydrogen-bond donors (Lipinski definition) is 1. The van der Waals surface area contributed by atoms with E-state index in [1.807, 2.05) is 13.8 Å². The van der Waals surface area contributed by atoms with Gasteiger partial charge in [-0.3, -0.25) is 4.79 Å². The quantitative estimate of drug-likeness (QED) is 0.649. The largest absolute Gasteiger partial charge is 0.468 e. The number of methoxy groups -OCH3 is 1. The Bertz CT molecular complexity index is 153. The Morgan fingerprint density at radius 1 is 1.50 bits per heavy atom. The van der Waals surface area contributed by atoms with Gasteiger partial charge in [0.25, 0.3) is 0 Å². The van der Waals surface area contributed by atoms with E-state index in [1.165, 1.54) is 7.11 Å². The van der Waals surface area contributed by atoms with Crippen LogP contribution >= 0.6 is 0 Å². The highest BCUT2D eigenvalue weighted by Gasteiger charge is 2.27. The summed E-state index contributed by atoms with van der Waals surface area (Å²) in [5.41, 5.74) is -0.570. The van der Waals surface area contributed by atoms with E-state index in [4.69, 9.17) is 0 Å². The second kappa shape index (κ2) is 4.45. The third-order valence-corrected chi connectivity index (χ3v) is 1.65. The molecule has 0 fully saturated rings. The average molecular weight is 173 g/mol. The molecule has 0 aliphatic carbocycles. The molecule has 0 heterocycles. The third-order valence-electron chi connectivity index (χ3n) is 1.65. The van der Waals surface area contributed by atoms with Crippen molar-refractivity contribution in [2.75, 3.05) is 13.7 Å². The minimum atomic E-state index is -0.570. The fourth-order valence-corrected chi connectivity index (χ4v) is 0.787. The monoisotopic (exact) mass is 173 g/mol. The number of carbonyl (C=O) groups excluding carboxylic acids is 1. The molecule has 0 aromatic rings. The van der Waals surface area contributed by atoms with Gasteiger partial charge >= 0.3 is 5.97 Å². The first-order valence-electron chi connectivity index (χ1n) is 4.23. The highest BCUT2D eigenvalue weighted by atomic mass is 16.5. The van der Waals surface area contributed by atoms with E-state index < -0.39 is 5.54 Å². The van der Waals surface area contributed by atoms with Crippen molar-refractivity contribution >= 4 is 5.97 Å². The van der Waals surface area contributed by atoms with Crippen molar-refractivity contribution in [2.45, 2.75) is 33.2 Å². The first-order chi connectivity index (χ1) is 5.40. The van der Waals surface area contributed by atoms with Gasteiger partial charge in [-0.1, -0.05) is 13.8 Å². The summed E-state index contributed by atoms with van der Waals surface area (Å²) in [4.78, 5) is 11.2. The number of rotatable bonds is 4. The minimum absolute atomic E-state index is 0.219. The molecular weight excluding hydrogens is 154 g/mol. The van der Waals surface area contributed by atoms with Gasteiger partial charge in [0, 0.05) is 0 Å². The maximum atomic E-state index is 11.2. The molecule has 3 nitrogen and oxygen atoms in total. The molecule has 0 saturated heterocycles. The molecule has 0 radical (unpaired) electrons. The smallest absolute Gasteiger partial charge is 0.325 e. The van der Waals surface area contributed by atoms with Crippen molar-refractivity contribution in [2.24, 2.45) is 5.92 Å². The first-order valence-corrected chi connectivity index (χ1v) is 4.23.